The molecule has 0 aliphatic rings. The lowest BCUT2D eigenvalue weighted by atomic mass is 10.3. The molecule has 0 atom stereocenters. The summed E-state index contributed by atoms with van der Waals surface area (Å²) in [6.07, 6.45) is 0. The maximum Gasteiger partial charge on any atom is 0.322 e. The third kappa shape index (κ3) is 3.44. The van der Waals surface area contributed by atoms with E-state index < -0.39 is 9.85 Å². The zero-order valence-corrected chi connectivity index (χ0v) is 12.1. The number of aryl methyl sites for hydroxylation is 1. The van der Waals surface area contributed by atoms with E-state index in [1.807, 2.05) is 0 Å². The summed E-state index contributed by atoms with van der Waals surface area (Å²) < 4.78 is 0. The van der Waals surface area contributed by atoms with Crippen LogP contribution in [0.2, 0.25) is 5.28 Å². The van der Waals surface area contributed by atoms with E-state index in [1.54, 1.807) is 0 Å². The van der Waals surface area contributed by atoms with Crippen LogP contribution < -0.4 is 0 Å². The second-order valence-electron chi connectivity index (χ2n) is 3.84. The molecule has 0 saturated heterocycles. The van der Waals surface area contributed by atoms with E-state index in [-0.39, 0.29) is 27.4 Å². The predicted octanol–water partition coefficient (Wildman–Crippen LogP) is 3.41. The van der Waals surface area contributed by atoms with Crippen molar-refractivity contribution in [1.82, 2.24) is 9.97 Å². The summed E-state index contributed by atoms with van der Waals surface area (Å²) >= 11 is 6.70. The van der Waals surface area contributed by atoms with E-state index in [1.165, 1.54) is 31.2 Å². The van der Waals surface area contributed by atoms with Crippen molar-refractivity contribution in [2.45, 2.75) is 16.8 Å². The first-order chi connectivity index (χ1) is 9.88. The van der Waals surface area contributed by atoms with Crippen LogP contribution >= 0.6 is 23.4 Å². The largest absolute Gasteiger partial charge is 0.322 e. The maximum atomic E-state index is 11.1. The average Bonchev–Trinajstić information content (AvgIpc) is 2.37. The maximum absolute atomic E-state index is 11.1. The zero-order valence-electron chi connectivity index (χ0n) is 10.5. The molecule has 0 amide bonds. The molecule has 0 saturated carbocycles. The topological polar surface area (TPSA) is 112 Å². The Morgan fingerprint density at radius 3 is 2.24 bits per heavy atom. The van der Waals surface area contributed by atoms with Crippen molar-refractivity contribution < 1.29 is 9.85 Å². The molecular weight excluding hydrogens is 320 g/mol. The third-order valence-electron chi connectivity index (χ3n) is 2.44. The van der Waals surface area contributed by atoms with Crippen molar-refractivity contribution in [3.63, 3.8) is 0 Å². The van der Waals surface area contributed by atoms with Gasteiger partial charge in [0.25, 0.3) is 5.69 Å². The molecular formula is C11H7ClN4O4S. The molecule has 0 radical (unpaired) electrons. The van der Waals surface area contributed by atoms with Gasteiger partial charge in [0.15, 0.2) is 5.03 Å². The minimum atomic E-state index is -0.584. The molecule has 8 nitrogen and oxygen atoms in total. The summed E-state index contributed by atoms with van der Waals surface area (Å²) in [4.78, 5) is 28.7. The van der Waals surface area contributed by atoms with Gasteiger partial charge in [-0.2, -0.15) is 0 Å². The van der Waals surface area contributed by atoms with Gasteiger partial charge in [0.2, 0.25) is 5.28 Å². The predicted molar refractivity (Wildman–Crippen MR) is 75.7 cm³/mol. The minimum Gasteiger partial charge on any atom is -0.258 e. The van der Waals surface area contributed by atoms with Crippen LogP contribution in [-0.2, 0) is 0 Å². The number of nitro benzene ring substituents is 1. The molecule has 21 heavy (non-hydrogen) atoms. The second kappa shape index (κ2) is 6.02. The fraction of sp³-hybridized carbons (Fsp3) is 0.0909. The van der Waals surface area contributed by atoms with Crippen LogP contribution in [0, 0.1) is 27.2 Å². The number of benzene rings is 1. The highest BCUT2D eigenvalue weighted by Crippen LogP contribution is 2.35. The van der Waals surface area contributed by atoms with Crippen LogP contribution in [0.1, 0.15) is 5.69 Å². The van der Waals surface area contributed by atoms with Crippen molar-refractivity contribution in [2.75, 3.05) is 0 Å². The van der Waals surface area contributed by atoms with Gasteiger partial charge >= 0.3 is 5.69 Å². The molecule has 0 aliphatic heterocycles. The molecule has 1 aromatic carbocycles. The number of halogens is 1. The summed E-state index contributed by atoms with van der Waals surface area (Å²) in [6, 6.07) is 5.59. The molecule has 0 spiro atoms. The number of hydrogen-bond donors (Lipinski definition) is 0. The average molecular weight is 327 g/mol. The first-order valence-electron chi connectivity index (χ1n) is 5.49. The molecule has 1 heterocycles. The molecule has 10 heteroatoms. The Bertz CT molecular complexity index is 723. The van der Waals surface area contributed by atoms with Gasteiger partial charge in [-0.15, -0.1) is 0 Å². The molecule has 0 fully saturated rings. The summed E-state index contributed by atoms with van der Waals surface area (Å²) in [5.74, 6) is 0. The number of rotatable bonds is 4. The Balaban J connectivity index is 2.39. The highest BCUT2D eigenvalue weighted by Gasteiger charge is 2.22. The number of non-ortho nitro benzene ring substituents is 1. The Hall–Kier alpha value is -2.26. The van der Waals surface area contributed by atoms with E-state index >= 15 is 0 Å². The third-order valence-corrected chi connectivity index (χ3v) is 3.60. The van der Waals surface area contributed by atoms with E-state index in [9.17, 15) is 20.2 Å². The normalized spacial score (nSPS) is 10.4. The van der Waals surface area contributed by atoms with Crippen LogP contribution in [0.15, 0.2) is 34.2 Å². The van der Waals surface area contributed by atoms with Crippen molar-refractivity contribution in [1.29, 1.82) is 0 Å². The molecule has 0 bridgehead atoms. The van der Waals surface area contributed by atoms with Gasteiger partial charge in [0, 0.05) is 17.0 Å². The van der Waals surface area contributed by atoms with Crippen molar-refractivity contribution in [3.8, 4) is 0 Å². The minimum absolute atomic E-state index is 0.0641. The van der Waals surface area contributed by atoms with E-state index in [4.69, 9.17) is 11.6 Å². The van der Waals surface area contributed by atoms with Crippen molar-refractivity contribution in [3.05, 3.63) is 55.5 Å². The summed E-state index contributed by atoms with van der Waals surface area (Å²) in [6.45, 7) is 1.46. The lowest BCUT2D eigenvalue weighted by molar-refractivity contribution is -0.389. The van der Waals surface area contributed by atoms with Gasteiger partial charge in [-0.3, -0.25) is 20.2 Å². The van der Waals surface area contributed by atoms with Crippen molar-refractivity contribution >= 4 is 34.7 Å². The van der Waals surface area contributed by atoms with Gasteiger partial charge in [0.05, 0.1) is 9.85 Å². The fourth-order valence-electron chi connectivity index (χ4n) is 1.54. The number of aromatic nitrogens is 2. The summed E-state index contributed by atoms with van der Waals surface area (Å²) in [5.41, 5.74) is -0.141. The Morgan fingerprint density at radius 2 is 1.71 bits per heavy atom. The highest BCUT2D eigenvalue weighted by atomic mass is 35.5. The number of nitro groups is 2. The molecule has 2 aromatic rings. The molecule has 108 valence electrons. The van der Waals surface area contributed by atoms with Crippen molar-refractivity contribution in [2.24, 2.45) is 0 Å². The zero-order chi connectivity index (χ0) is 15.6. The van der Waals surface area contributed by atoms with Crippen LogP contribution in [0.25, 0.3) is 0 Å². The van der Waals surface area contributed by atoms with Gasteiger partial charge in [-0.1, -0.05) is 11.8 Å². The monoisotopic (exact) mass is 326 g/mol. The summed E-state index contributed by atoms with van der Waals surface area (Å²) in [5, 5.41) is 21.6. The Morgan fingerprint density at radius 1 is 1.10 bits per heavy atom. The number of nitrogens with zero attached hydrogens (tertiary/aromatic N) is 4. The standard InChI is InChI=1S/C11H7ClN4O4S/c1-6-9(16(19)20)10(14-11(12)13-6)21-8-4-2-7(3-5-8)15(17)18/h2-5H,1H3. The lowest BCUT2D eigenvalue weighted by Gasteiger charge is -2.04. The molecule has 1 aromatic heterocycles. The number of hydrogen-bond acceptors (Lipinski definition) is 7. The van der Waals surface area contributed by atoms with Gasteiger partial charge in [0.1, 0.15) is 5.69 Å². The molecule has 0 N–H and O–H groups in total. The van der Waals surface area contributed by atoms with Gasteiger partial charge in [-0.05, 0) is 30.7 Å². The quantitative estimate of drug-likeness (QED) is 0.366. The van der Waals surface area contributed by atoms with Crippen LogP contribution in [0.3, 0.4) is 0 Å². The second-order valence-corrected chi connectivity index (χ2v) is 5.24. The lowest BCUT2D eigenvalue weighted by Crippen LogP contribution is -2.00. The van der Waals surface area contributed by atoms with Crippen LogP contribution in [0.4, 0.5) is 11.4 Å². The first-order valence-corrected chi connectivity index (χ1v) is 6.68. The van der Waals surface area contributed by atoms with Gasteiger partial charge < -0.3 is 0 Å². The van der Waals surface area contributed by atoms with Gasteiger partial charge in [-0.25, -0.2) is 9.97 Å². The molecule has 2 rings (SSSR count). The van der Waals surface area contributed by atoms with Crippen LogP contribution in [0.5, 0.6) is 0 Å². The smallest absolute Gasteiger partial charge is 0.258 e. The SMILES string of the molecule is Cc1nc(Cl)nc(Sc2ccc([N+](=O)[O-])cc2)c1[N+](=O)[O-]. The van der Waals surface area contributed by atoms with Crippen LogP contribution in [-0.4, -0.2) is 19.8 Å². The first kappa shape index (κ1) is 15.1. The Labute approximate surface area is 127 Å². The molecule has 0 unspecified atom stereocenters. The summed E-state index contributed by atoms with van der Waals surface area (Å²) in [7, 11) is 0. The van der Waals surface area contributed by atoms with E-state index in [2.05, 4.69) is 9.97 Å². The Kier molecular flexibility index (Phi) is 4.34. The van der Waals surface area contributed by atoms with E-state index in [0.29, 0.717) is 4.90 Å². The van der Waals surface area contributed by atoms with E-state index in [0.717, 1.165) is 11.8 Å². The molecule has 0 aliphatic carbocycles. The fourth-order valence-corrected chi connectivity index (χ4v) is 2.74. The highest BCUT2D eigenvalue weighted by molar-refractivity contribution is 7.99.